The summed E-state index contributed by atoms with van der Waals surface area (Å²) in [6.45, 7) is 1.79. The second-order valence-corrected chi connectivity index (χ2v) is 32.4. The molecule has 0 radical (unpaired) electrons. The molecule has 0 aliphatic carbocycles. The van der Waals surface area contributed by atoms with Gasteiger partial charge in [-0.3, -0.25) is 4.79 Å². The first-order chi connectivity index (χ1) is 53.3. The molecule has 3 rings (SSSR count). The van der Waals surface area contributed by atoms with Gasteiger partial charge in [-0.05, 0) is 57.8 Å². The van der Waals surface area contributed by atoms with E-state index in [4.69, 9.17) is 28.4 Å². The number of rotatable bonds is 74. The van der Waals surface area contributed by atoms with Crippen LogP contribution in [0.5, 0.6) is 0 Å². The van der Waals surface area contributed by atoms with E-state index in [0.717, 1.165) is 57.8 Å². The average molecular weight is 1550 g/mol. The topological polar surface area (TPSA) is 307 Å². The predicted molar refractivity (Wildman–Crippen MR) is 439 cm³/mol. The second-order valence-electron chi connectivity index (χ2n) is 32.4. The number of hydrogen-bond donors (Lipinski definition) is 12. The summed E-state index contributed by atoms with van der Waals surface area (Å²) < 4.78 is 34.5. The van der Waals surface area contributed by atoms with Crippen LogP contribution in [0.4, 0.5) is 0 Å². The third-order valence-electron chi connectivity index (χ3n) is 22.6. The van der Waals surface area contributed by atoms with Gasteiger partial charge in [0.05, 0.1) is 38.6 Å². The molecule has 0 aromatic carbocycles. The Hall–Kier alpha value is -2.25. The molecule has 3 fully saturated rings. The first-order valence-corrected chi connectivity index (χ1v) is 45.4. The molecule has 0 saturated carbocycles. The molecule has 0 aromatic rings. The number of carbonyl (C=O) groups excluding carboxylic acids is 1. The molecular weight excluding hydrogens is 1380 g/mol. The summed E-state index contributed by atoms with van der Waals surface area (Å²) in [4.78, 5) is 13.5. The van der Waals surface area contributed by atoms with E-state index in [1.807, 2.05) is 6.08 Å². The van der Waals surface area contributed by atoms with Gasteiger partial charge in [-0.2, -0.15) is 0 Å². The Morgan fingerprint density at radius 3 is 0.945 bits per heavy atom. The number of ether oxygens (including phenoxy) is 6. The van der Waals surface area contributed by atoms with Gasteiger partial charge in [0.2, 0.25) is 5.91 Å². The fourth-order valence-corrected chi connectivity index (χ4v) is 15.4. The molecule has 3 saturated heterocycles. The number of allylic oxidation sites excluding steroid dienone is 7. The molecule has 109 heavy (non-hydrogen) atoms. The molecule has 17 unspecified atom stereocenters. The number of carbonyl (C=O) groups is 1. The van der Waals surface area contributed by atoms with Crippen molar-refractivity contribution in [3.8, 4) is 0 Å². The van der Waals surface area contributed by atoms with Crippen LogP contribution in [0.3, 0.4) is 0 Å². The van der Waals surface area contributed by atoms with Crippen LogP contribution in [0.2, 0.25) is 0 Å². The Balaban J connectivity index is 1.30. The summed E-state index contributed by atoms with van der Waals surface area (Å²) in [5.74, 6) is -0.267. The van der Waals surface area contributed by atoms with Gasteiger partial charge in [0, 0.05) is 6.42 Å². The highest BCUT2D eigenvalue weighted by molar-refractivity contribution is 5.76. The highest BCUT2D eigenvalue weighted by Crippen LogP contribution is 2.34. The largest absolute Gasteiger partial charge is 0.394 e. The van der Waals surface area contributed by atoms with E-state index in [1.54, 1.807) is 6.08 Å². The van der Waals surface area contributed by atoms with Crippen LogP contribution in [0.1, 0.15) is 386 Å². The predicted octanol–water partition coefficient (Wildman–Crippen LogP) is 17.2. The second kappa shape index (κ2) is 70.0. The maximum atomic E-state index is 13.5. The van der Waals surface area contributed by atoms with E-state index < -0.39 is 124 Å². The van der Waals surface area contributed by atoms with Crippen LogP contribution in [0.15, 0.2) is 48.6 Å². The van der Waals surface area contributed by atoms with Crippen molar-refractivity contribution in [2.75, 3.05) is 26.4 Å². The van der Waals surface area contributed by atoms with Gasteiger partial charge < -0.3 is 89.9 Å². The van der Waals surface area contributed by atoms with Crippen molar-refractivity contribution in [3.05, 3.63) is 48.6 Å². The summed E-state index contributed by atoms with van der Waals surface area (Å²) in [5, 5.41) is 121. The van der Waals surface area contributed by atoms with Crippen molar-refractivity contribution in [2.24, 2.45) is 0 Å². The maximum Gasteiger partial charge on any atom is 0.220 e. The molecular formula is C90H167NO18. The van der Waals surface area contributed by atoms with E-state index in [-0.39, 0.29) is 18.9 Å². The number of hydrogen-bond acceptors (Lipinski definition) is 18. The third kappa shape index (κ3) is 48.8. The van der Waals surface area contributed by atoms with E-state index >= 15 is 0 Å². The highest BCUT2D eigenvalue weighted by Gasteiger charge is 2.54. The van der Waals surface area contributed by atoms with E-state index in [9.17, 15) is 61.0 Å². The molecule has 0 aromatic heterocycles. The van der Waals surface area contributed by atoms with Gasteiger partial charge in [-0.25, -0.2) is 0 Å². The van der Waals surface area contributed by atoms with E-state index in [1.165, 1.54) is 302 Å². The first-order valence-electron chi connectivity index (χ1n) is 45.4. The van der Waals surface area contributed by atoms with Gasteiger partial charge in [0.1, 0.15) is 73.2 Å². The van der Waals surface area contributed by atoms with Crippen molar-refractivity contribution in [1.29, 1.82) is 0 Å². The Kier molecular flexibility index (Phi) is 64.8. The minimum Gasteiger partial charge on any atom is -0.394 e. The van der Waals surface area contributed by atoms with E-state index in [2.05, 4.69) is 55.6 Å². The Morgan fingerprint density at radius 2 is 0.606 bits per heavy atom. The number of nitrogens with one attached hydrogen (secondary N) is 1. The Labute approximate surface area is 663 Å². The van der Waals surface area contributed by atoms with Gasteiger partial charge in [0.15, 0.2) is 18.9 Å². The van der Waals surface area contributed by atoms with Crippen LogP contribution in [-0.4, -0.2) is 193 Å². The van der Waals surface area contributed by atoms with Crippen LogP contribution in [0, 0.1) is 0 Å². The number of aliphatic hydroxyl groups excluding tert-OH is 11. The SMILES string of the molecule is CCCCCCC/C=C\C/C=C\C/C=C\CCCCCCCCCCCCCCCCCCCCCCCCCCC(=O)NC(COC1OC(CO)C(OC2OC(CO)C(OC3OC(CO)C(O)C(O)C3O)C(O)C2O)C(O)C1O)C(O)/C=C/CCCCCCCCCCCCCCCCCCCCCCCCC. The fourth-order valence-electron chi connectivity index (χ4n) is 15.4. The third-order valence-corrected chi connectivity index (χ3v) is 22.6. The zero-order valence-electron chi connectivity index (χ0n) is 69.1. The number of amides is 1. The van der Waals surface area contributed by atoms with Crippen molar-refractivity contribution >= 4 is 5.91 Å². The zero-order valence-corrected chi connectivity index (χ0v) is 69.1. The van der Waals surface area contributed by atoms with Gasteiger partial charge in [0.25, 0.3) is 0 Å². The maximum absolute atomic E-state index is 13.5. The summed E-state index contributed by atoms with van der Waals surface area (Å²) in [7, 11) is 0. The molecule has 3 heterocycles. The van der Waals surface area contributed by atoms with Crippen LogP contribution >= 0.6 is 0 Å². The first kappa shape index (κ1) is 101. The summed E-state index contributed by atoms with van der Waals surface area (Å²) in [6.07, 6.45) is 64.1. The lowest BCUT2D eigenvalue weighted by Crippen LogP contribution is -2.66. The van der Waals surface area contributed by atoms with Crippen molar-refractivity contribution in [2.45, 2.75) is 491 Å². The minimum absolute atomic E-state index is 0.247. The minimum atomic E-state index is -1.98. The molecule has 19 heteroatoms. The average Bonchev–Trinajstić information content (AvgIpc) is 0.759. The molecule has 19 nitrogen and oxygen atoms in total. The van der Waals surface area contributed by atoms with E-state index in [0.29, 0.717) is 6.42 Å². The highest BCUT2D eigenvalue weighted by atomic mass is 16.8. The van der Waals surface area contributed by atoms with Crippen LogP contribution < -0.4 is 5.32 Å². The summed E-state index contributed by atoms with van der Waals surface area (Å²) >= 11 is 0. The van der Waals surface area contributed by atoms with Crippen molar-refractivity contribution < 1.29 is 89.4 Å². The molecule has 3 aliphatic rings. The lowest BCUT2D eigenvalue weighted by molar-refractivity contribution is -0.379. The van der Waals surface area contributed by atoms with Gasteiger partial charge >= 0.3 is 0 Å². The Bertz CT molecular complexity index is 2150. The smallest absolute Gasteiger partial charge is 0.220 e. The van der Waals surface area contributed by atoms with Crippen molar-refractivity contribution in [1.82, 2.24) is 5.32 Å². The molecule has 0 bridgehead atoms. The van der Waals surface area contributed by atoms with Crippen molar-refractivity contribution in [3.63, 3.8) is 0 Å². The molecule has 12 N–H and O–H groups in total. The molecule has 3 aliphatic heterocycles. The lowest BCUT2D eigenvalue weighted by Gasteiger charge is -2.48. The molecule has 17 atom stereocenters. The van der Waals surface area contributed by atoms with Gasteiger partial charge in [-0.15, -0.1) is 0 Å². The summed E-state index contributed by atoms with van der Waals surface area (Å²) in [6, 6.07) is -0.974. The summed E-state index contributed by atoms with van der Waals surface area (Å²) in [5.41, 5.74) is 0. The van der Waals surface area contributed by atoms with Crippen LogP contribution in [0.25, 0.3) is 0 Å². The molecule has 1 amide bonds. The fraction of sp³-hybridized carbons (Fsp3) is 0.900. The zero-order chi connectivity index (χ0) is 78.8. The number of unbranched alkanes of at least 4 members (excludes halogenated alkanes) is 52. The molecule has 0 spiro atoms. The Morgan fingerprint density at radius 1 is 0.330 bits per heavy atom. The van der Waals surface area contributed by atoms with Crippen LogP contribution in [-0.2, 0) is 33.2 Å². The monoisotopic (exact) mass is 1550 g/mol. The van der Waals surface area contributed by atoms with Gasteiger partial charge in [-0.1, -0.05) is 371 Å². The standard InChI is InChI=1S/C90H167NO18/c1-3-5-7-9-11-13-15-17-19-21-23-25-27-29-30-31-32-33-34-35-36-37-38-39-40-41-42-44-46-48-50-52-54-56-58-60-62-64-66-68-78(96)91-73(74(95)67-65-63-61-59-57-55-53-51-49-47-45-43-28-26-24-22-20-18-16-14-12-10-8-6-4-2)72-104-88-84(102)81(99)86(76(70-93)106-88)109-90-85(103)82(100)87(77(71-94)107-90)108-89-83(101)80(98)79(97)75(69-92)105-89/h15,17,21,23,27,29,65,67,73-77,79-90,92-95,97-103H,3-14,16,18-20,22,24-26,28,30-64,66,68-72H2,1-2H3,(H,91,96)/b17-15-,23-21-,29-27-,67-65+. The molecule has 640 valence electrons. The number of aliphatic hydroxyl groups is 11. The lowest BCUT2D eigenvalue weighted by atomic mass is 9.96. The quantitative estimate of drug-likeness (QED) is 0.0199. The normalized spacial score (nSPS) is 25.5.